The molecule has 0 aliphatic heterocycles. The number of benzene rings is 3. The number of esters is 1. The number of rotatable bonds is 5. The standard InChI is InChI=1S/C24H19NO5/c1-14(26)30-16-12-10-15(11-13-16)23(27)25-22(24(28)29)21-19-8-4-2-6-17(19)18-7-3-5-9-20(18)21/h2-13,21-22H,1H3,(H,25,27)(H,28,29)/t22-/m0/s1. The highest BCUT2D eigenvalue weighted by Gasteiger charge is 2.38. The molecule has 6 heteroatoms. The highest BCUT2D eigenvalue weighted by Crippen LogP contribution is 2.46. The maximum atomic E-state index is 12.8. The average molecular weight is 401 g/mol. The number of aliphatic carboxylic acids is 1. The molecule has 0 unspecified atom stereocenters. The monoisotopic (exact) mass is 401 g/mol. The first-order valence-electron chi connectivity index (χ1n) is 9.46. The van der Waals surface area contributed by atoms with Crippen LogP contribution in [0.25, 0.3) is 11.1 Å². The van der Waals surface area contributed by atoms with Crippen LogP contribution in [0.1, 0.15) is 34.3 Å². The van der Waals surface area contributed by atoms with Gasteiger partial charge in [-0.1, -0.05) is 48.5 Å². The Bertz CT molecular complexity index is 1090. The van der Waals surface area contributed by atoms with Crippen LogP contribution in [0.4, 0.5) is 0 Å². The molecule has 6 nitrogen and oxygen atoms in total. The Morgan fingerprint density at radius 3 is 1.90 bits per heavy atom. The number of carboxylic acids is 1. The molecule has 2 N–H and O–H groups in total. The van der Waals surface area contributed by atoms with Crippen molar-refractivity contribution in [2.75, 3.05) is 0 Å². The SMILES string of the molecule is CC(=O)Oc1ccc(C(=O)N[C@H](C(=O)O)C2c3ccccc3-c3ccccc32)cc1. The Kier molecular flexibility index (Phi) is 5.06. The number of amides is 1. The molecule has 1 amide bonds. The molecule has 1 atom stereocenters. The fourth-order valence-corrected chi connectivity index (χ4v) is 3.91. The lowest BCUT2D eigenvalue weighted by atomic mass is 9.89. The van der Waals surface area contributed by atoms with Gasteiger partial charge in [-0.15, -0.1) is 0 Å². The van der Waals surface area contributed by atoms with E-state index < -0.39 is 29.8 Å². The van der Waals surface area contributed by atoms with E-state index in [1.54, 1.807) is 0 Å². The topological polar surface area (TPSA) is 92.7 Å². The van der Waals surface area contributed by atoms with Gasteiger partial charge >= 0.3 is 11.9 Å². The third kappa shape index (κ3) is 3.55. The second kappa shape index (κ2) is 7.83. The van der Waals surface area contributed by atoms with Gasteiger partial charge in [0.2, 0.25) is 0 Å². The van der Waals surface area contributed by atoms with Crippen LogP contribution < -0.4 is 10.1 Å². The molecule has 1 aliphatic carbocycles. The largest absolute Gasteiger partial charge is 0.480 e. The molecule has 4 rings (SSSR count). The smallest absolute Gasteiger partial charge is 0.327 e. The minimum absolute atomic E-state index is 0.275. The molecule has 1 aliphatic rings. The van der Waals surface area contributed by atoms with Crippen molar-refractivity contribution in [3.63, 3.8) is 0 Å². The summed E-state index contributed by atoms with van der Waals surface area (Å²) in [5.74, 6) is -2.28. The van der Waals surface area contributed by atoms with E-state index in [0.29, 0.717) is 5.75 Å². The first-order valence-corrected chi connectivity index (χ1v) is 9.46. The average Bonchev–Trinajstić information content (AvgIpc) is 3.06. The van der Waals surface area contributed by atoms with Crippen LogP contribution in [0.15, 0.2) is 72.8 Å². The first-order chi connectivity index (χ1) is 14.5. The molecule has 0 saturated carbocycles. The van der Waals surface area contributed by atoms with Crippen LogP contribution in [0.5, 0.6) is 5.75 Å². The van der Waals surface area contributed by atoms with E-state index in [1.807, 2.05) is 48.5 Å². The Morgan fingerprint density at radius 1 is 0.867 bits per heavy atom. The molecule has 0 saturated heterocycles. The lowest BCUT2D eigenvalue weighted by molar-refractivity contribution is -0.139. The van der Waals surface area contributed by atoms with Crippen LogP contribution >= 0.6 is 0 Å². The van der Waals surface area contributed by atoms with Gasteiger partial charge in [0.1, 0.15) is 11.8 Å². The van der Waals surface area contributed by atoms with E-state index >= 15 is 0 Å². The van der Waals surface area contributed by atoms with Gasteiger partial charge in [-0.2, -0.15) is 0 Å². The molecule has 0 bridgehead atoms. The number of nitrogens with one attached hydrogen (secondary N) is 1. The van der Waals surface area contributed by atoms with Crippen molar-refractivity contribution in [1.82, 2.24) is 5.32 Å². The summed E-state index contributed by atoms with van der Waals surface area (Å²) in [4.78, 5) is 36.0. The first kappa shape index (κ1) is 19.4. The van der Waals surface area contributed by atoms with Crippen molar-refractivity contribution in [3.8, 4) is 16.9 Å². The number of hydrogen-bond donors (Lipinski definition) is 2. The lowest BCUT2D eigenvalue weighted by Gasteiger charge is -2.23. The maximum Gasteiger partial charge on any atom is 0.327 e. The molecular weight excluding hydrogens is 382 g/mol. The third-order valence-corrected chi connectivity index (χ3v) is 5.15. The zero-order valence-corrected chi connectivity index (χ0v) is 16.2. The highest BCUT2D eigenvalue weighted by atomic mass is 16.5. The molecule has 30 heavy (non-hydrogen) atoms. The Labute approximate surface area is 173 Å². The van der Waals surface area contributed by atoms with Crippen LogP contribution in [0.3, 0.4) is 0 Å². The van der Waals surface area contributed by atoms with E-state index in [9.17, 15) is 19.5 Å². The summed E-state index contributed by atoms with van der Waals surface area (Å²) in [6.07, 6.45) is 0. The normalized spacial score (nSPS) is 13.1. The van der Waals surface area contributed by atoms with Crippen LogP contribution in [0, 0.1) is 0 Å². The number of carbonyl (C=O) groups is 3. The van der Waals surface area contributed by atoms with E-state index in [-0.39, 0.29) is 5.56 Å². The maximum absolute atomic E-state index is 12.8. The number of fused-ring (bicyclic) bond motifs is 3. The summed E-state index contributed by atoms with van der Waals surface area (Å²) in [6.45, 7) is 1.29. The molecule has 0 spiro atoms. The van der Waals surface area contributed by atoms with E-state index in [0.717, 1.165) is 22.3 Å². The summed E-state index contributed by atoms with van der Waals surface area (Å²) in [6, 6.07) is 20.1. The zero-order chi connectivity index (χ0) is 21.3. The number of carboxylic acid groups (broad SMARTS) is 1. The van der Waals surface area contributed by atoms with Gasteiger partial charge < -0.3 is 15.2 Å². The van der Waals surface area contributed by atoms with Crippen molar-refractivity contribution in [2.45, 2.75) is 18.9 Å². The Balaban J connectivity index is 1.64. The van der Waals surface area contributed by atoms with Crippen molar-refractivity contribution in [1.29, 1.82) is 0 Å². The van der Waals surface area contributed by atoms with Crippen molar-refractivity contribution in [3.05, 3.63) is 89.5 Å². The summed E-state index contributed by atoms with van der Waals surface area (Å²) in [5.41, 5.74) is 3.97. The molecular formula is C24H19NO5. The van der Waals surface area contributed by atoms with Gasteiger partial charge in [0.15, 0.2) is 0 Å². The summed E-state index contributed by atoms with van der Waals surface area (Å²) >= 11 is 0. The van der Waals surface area contributed by atoms with Gasteiger partial charge in [-0.25, -0.2) is 4.79 Å². The Morgan fingerprint density at radius 2 is 1.40 bits per heavy atom. The third-order valence-electron chi connectivity index (χ3n) is 5.15. The minimum atomic E-state index is -1.14. The quantitative estimate of drug-likeness (QED) is 0.503. The number of hydrogen-bond acceptors (Lipinski definition) is 4. The summed E-state index contributed by atoms with van der Waals surface area (Å²) in [7, 11) is 0. The Hall–Kier alpha value is -3.93. The van der Waals surface area contributed by atoms with Gasteiger partial charge in [0, 0.05) is 18.4 Å². The van der Waals surface area contributed by atoms with Gasteiger partial charge in [-0.3, -0.25) is 9.59 Å². The summed E-state index contributed by atoms with van der Waals surface area (Å²) < 4.78 is 4.96. The number of carbonyl (C=O) groups excluding carboxylic acids is 2. The van der Waals surface area contributed by atoms with Crippen LogP contribution in [-0.2, 0) is 9.59 Å². The second-order valence-electron chi connectivity index (χ2n) is 7.06. The zero-order valence-electron chi connectivity index (χ0n) is 16.2. The molecule has 0 radical (unpaired) electrons. The van der Waals surface area contributed by atoms with E-state index in [1.165, 1.54) is 31.2 Å². The molecule has 3 aromatic carbocycles. The lowest BCUT2D eigenvalue weighted by Crippen LogP contribution is -2.44. The van der Waals surface area contributed by atoms with Crippen molar-refractivity contribution >= 4 is 17.8 Å². The predicted molar refractivity (Wildman–Crippen MR) is 110 cm³/mol. The van der Waals surface area contributed by atoms with Crippen LogP contribution in [-0.4, -0.2) is 29.0 Å². The van der Waals surface area contributed by atoms with E-state index in [2.05, 4.69) is 5.32 Å². The highest BCUT2D eigenvalue weighted by molar-refractivity contribution is 5.97. The van der Waals surface area contributed by atoms with E-state index in [4.69, 9.17) is 4.74 Å². The predicted octanol–water partition coefficient (Wildman–Crippen LogP) is 3.61. The second-order valence-corrected chi connectivity index (χ2v) is 7.06. The minimum Gasteiger partial charge on any atom is -0.480 e. The van der Waals surface area contributed by atoms with Crippen molar-refractivity contribution < 1.29 is 24.2 Å². The molecule has 3 aromatic rings. The van der Waals surface area contributed by atoms with Gasteiger partial charge in [0.05, 0.1) is 0 Å². The molecule has 0 aromatic heterocycles. The van der Waals surface area contributed by atoms with Crippen LogP contribution in [0.2, 0.25) is 0 Å². The van der Waals surface area contributed by atoms with Gasteiger partial charge in [-0.05, 0) is 46.5 Å². The van der Waals surface area contributed by atoms with Gasteiger partial charge in [0.25, 0.3) is 5.91 Å². The van der Waals surface area contributed by atoms with Crippen molar-refractivity contribution in [2.24, 2.45) is 0 Å². The fraction of sp³-hybridized carbons (Fsp3) is 0.125. The number of ether oxygens (including phenoxy) is 1. The molecule has 150 valence electrons. The molecule has 0 heterocycles. The fourth-order valence-electron chi connectivity index (χ4n) is 3.91. The summed E-state index contributed by atoms with van der Waals surface area (Å²) in [5, 5.41) is 12.6. The molecule has 0 fully saturated rings.